The summed E-state index contributed by atoms with van der Waals surface area (Å²) in [5.74, 6) is -0.890. The van der Waals surface area contributed by atoms with Crippen LogP contribution < -0.4 is 10.6 Å². The molecule has 0 fully saturated rings. The van der Waals surface area contributed by atoms with Crippen LogP contribution in [0.1, 0.15) is 12.4 Å². The lowest BCUT2D eigenvalue weighted by Crippen LogP contribution is -2.46. The number of carbonyl (C=O) groups is 2. The maximum Gasteiger partial charge on any atom is 0.405 e. The molecule has 0 atom stereocenters. The summed E-state index contributed by atoms with van der Waals surface area (Å²) in [6, 6.07) is -1.30. The fourth-order valence-electron chi connectivity index (χ4n) is 1.58. The molecule has 3 amide bonds. The second-order valence-electron chi connectivity index (χ2n) is 4.55. The summed E-state index contributed by atoms with van der Waals surface area (Å²) < 4.78 is 61.4. The van der Waals surface area contributed by atoms with Crippen LogP contribution in [0.4, 0.5) is 26.7 Å². The van der Waals surface area contributed by atoms with Gasteiger partial charge in [-0.3, -0.25) is 19.6 Å². The van der Waals surface area contributed by atoms with E-state index in [1.54, 1.807) is 5.32 Å². The highest BCUT2D eigenvalue weighted by molar-refractivity contribution is 5.95. The average Bonchev–Trinajstić information content (AvgIpc) is 2.83. The fraction of sp³-hybridized carbons (Fsp3) is 0.545. The quantitative estimate of drug-likeness (QED) is 0.758. The normalized spacial score (nSPS) is 11.8. The molecule has 0 saturated carbocycles. The lowest BCUT2D eigenvalue weighted by molar-refractivity contribution is -0.125. The Bertz CT molecular complexity index is 545. The molecule has 0 spiro atoms. The number of imide groups is 1. The van der Waals surface area contributed by atoms with Crippen molar-refractivity contribution in [2.75, 3.05) is 20.1 Å². The van der Waals surface area contributed by atoms with E-state index < -0.39 is 37.8 Å². The second kappa shape index (κ2) is 7.85. The zero-order valence-corrected chi connectivity index (χ0v) is 11.9. The van der Waals surface area contributed by atoms with Gasteiger partial charge in [-0.05, 0) is 7.05 Å². The molecule has 0 aliphatic carbocycles. The SMILES string of the molecule is CN(CC(=O)NC(=O)NCC(F)(F)F)Cc1nccn1C(F)F. The number of imidazole rings is 1. The van der Waals surface area contributed by atoms with E-state index in [2.05, 4.69) is 4.98 Å². The zero-order chi connectivity index (χ0) is 17.6. The molecule has 0 aliphatic heterocycles. The van der Waals surface area contributed by atoms with Crippen LogP contribution in [0.3, 0.4) is 0 Å². The van der Waals surface area contributed by atoms with E-state index in [1.165, 1.54) is 23.5 Å². The molecular weight excluding hydrogens is 329 g/mol. The predicted molar refractivity (Wildman–Crippen MR) is 67.4 cm³/mol. The summed E-state index contributed by atoms with van der Waals surface area (Å²) in [7, 11) is 1.40. The van der Waals surface area contributed by atoms with E-state index in [0.29, 0.717) is 4.57 Å². The lowest BCUT2D eigenvalue weighted by atomic mass is 10.4. The van der Waals surface area contributed by atoms with E-state index in [0.717, 1.165) is 6.20 Å². The Morgan fingerprint density at radius 3 is 2.61 bits per heavy atom. The van der Waals surface area contributed by atoms with Gasteiger partial charge < -0.3 is 5.32 Å². The van der Waals surface area contributed by atoms with Crippen molar-refractivity contribution in [3.63, 3.8) is 0 Å². The number of carbonyl (C=O) groups excluding carboxylic acids is 2. The number of amides is 3. The second-order valence-corrected chi connectivity index (χ2v) is 4.55. The highest BCUT2D eigenvalue weighted by atomic mass is 19.4. The Morgan fingerprint density at radius 1 is 1.39 bits per heavy atom. The van der Waals surface area contributed by atoms with Gasteiger partial charge in [0, 0.05) is 12.4 Å². The van der Waals surface area contributed by atoms with Gasteiger partial charge in [-0.25, -0.2) is 9.78 Å². The number of likely N-dealkylation sites (N-methyl/N-ethyl adjacent to an activating group) is 1. The molecule has 130 valence electrons. The van der Waals surface area contributed by atoms with Crippen LogP contribution in [-0.2, 0) is 11.3 Å². The summed E-state index contributed by atoms with van der Waals surface area (Å²) >= 11 is 0. The third-order valence-corrected chi connectivity index (χ3v) is 2.49. The molecule has 0 bridgehead atoms. The summed E-state index contributed by atoms with van der Waals surface area (Å²) in [5, 5.41) is 3.16. The van der Waals surface area contributed by atoms with Crippen molar-refractivity contribution in [2.45, 2.75) is 19.3 Å². The van der Waals surface area contributed by atoms with Gasteiger partial charge >= 0.3 is 18.8 Å². The molecule has 0 saturated heterocycles. The number of alkyl halides is 5. The van der Waals surface area contributed by atoms with Gasteiger partial charge in [0.05, 0.1) is 13.1 Å². The third-order valence-electron chi connectivity index (χ3n) is 2.49. The molecular formula is C11H14F5N5O2. The van der Waals surface area contributed by atoms with E-state index in [9.17, 15) is 31.5 Å². The minimum Gasteiger partial charge on any atom is -0.329 e. The van der Waals surface area contributed by atoms with Crippen LogP contribution in [0.25, 0.3) is 0 Å². The Morgan fingerprint density at radius 2 is 2.04 bits per heavy atom. The van der Waals surface area contributed by atoms with Gasteiger partial charge in [-0.1, -0.05) is 0 Å². The van der Waals surface area contributed by atoms with E-state index >= 15 is 0 Å². The number of nitrogens with one attached hydrogen (secondary N) is 2. The van der Waals surface area contributed by atoms with E-state index in [4.69, 9.17) is 0 Å². The van der Waals surface area contributed by atoms with Crippen LogP contribution in [0.2, 0.25) is 0 Å². The zero-order valence-electron chi connectivity index (χ0n) is 11.9. The summed E-state index contributed by atoms with van der Waals surface area (Å²) in [6.07, 6.45) is -2.36. The molecule has 0 aliphatic rings. The minimum atomic E-state index is -4.59. The Balaban J connectivity index is 2.42. The molecule has 1 aromatic heterocycles. The maximum absolute atomic E-state index is 12.6. The first-order valence-electron chi connectivity index (χ1n) is 6.21. The number of aromatic nitrogens is 2. The minimum absolute atomic E-state index is 0.00294. The van der Waals surface area contributed by atoms with Gasteiger partial charge in [-0.2, -0.15) is 22.0 Å². The van der Waals surface area contributed by atoms with E-state index in [1.807, 2.05) is 0 Å². The van der Waals surface area contributed by atoms with Crippen molar-refractivity contribution in [1.29, 1.82) is 0 Å². The number of urea groups is 1. The number of nitrogens with zero attached hydrogens (tertiary/aromatic N) is 3. The largest absolute Gasteiger partial charge is 0.405 e. The molecule has 12 heteroatoms. The lowest BCUT2D eigenvalue weighted by Gasteiger charge is -2.16. The van der Waals surface area contributed by atoms with Gasteiger partial charge in [0.15, 0.2) is 0 Å². The summed E-state index contributed by atoms with van der Waals surface area (Å²) in [4.78, 5) is 27.5. The van der Waals surface area contributed by atoms with Gasteiger partial charge in [0.1, 0.15) is 12.4 Å². The van der Waals surface area contributed by atoms with Crippen molar-refractivity contribution < 1.29 is 31.5 Å². The highest BCUT2D eigenvalue weighted by Gasteiger charge is 2.28. The summed E-state index contributed by atoms with van der Waals surface area (Å²) in [6.45, 7) is -4.87. The van der Waals surface area contributed by atoms with Crippen LogP contribution in [0.5, 0.6) is 0 Å². The predicted octanol–water partition coefficient (Wildman–Crippen LogP) is 1.10. The highest BCUT2D eigenvalue weighted by Crippen LogP contribution is 2.13. The van der Waals surface area contributed by atoms with Gasteiger partial charge in [0.25, 0.3) is 0 Å². The number of halogens is 5. The molecule has 1 rings (SSSR count). The van der Waals surface area contributed by atoms with Crippen molar-refractivity contribution in [3.05, 3.63) is 18.2 Å². The first kappa shape index (κ1) is 18.8. The standard InChI is InChI=1S/C11H14F5N5O2/c1-20(4-7-17-2-3-21(7)9(12)13)5-8(22)19-10(23)18-6-11(14,15)16/h2-3,9H,4-6H2,1H3,(H2,18,19,22,23). The van der Waals surface area contributed by atoms with Crippen molar-refractivity contribution in [3.8, 4) is 0 Å². The monoisotopic (exact) mass is 343 g/mol. The first-order chi connectivity index (χ1) is 10.6. The maximum atomic E-state index is 12.6. The third kappa shape index (κ3) is 7.04. The van der Waals surface area contributed by atoms with Gasteiger partial charge in [0.2, 0.25) is 5.91 Å². The van der Waals surface area contributed by atoms with Crippen molar-refractivity contribution in [2.24, 2.45) is 0 Å². The first-order valence-corrected chi connectivity index (χ1v) is 6.21. The van der Waals surface area contributed by atoms with Crippen LogP contribution in [0.15, 0.2) is 12.4 Å². The van der Waals surface area contributed by atoms with Crippen LogP contribution >= 0.6 is 0 Å². The Kier molecular flexibility index (Phi) is 6.42. The number of rotatable bonds is 6. The molecule has 23 heavy (non-hydrogen) atoms. The number of hydrogen-bond acceptors (Lipinski definition) is 4. The molecule has 1 aromatic rings. The Labute approximate surface area is 127 Å². The molecule has 0 unspecified atom stereocenters. The Hall–Kier alpha value is -2.24. The smallest absolute Gasteiger partial charge is 0.329 e. The van der Waals surface area contributed by atoms with Gasteiger partial charge in [-0.15, -0.1) is 0 Å². The van der Waals surface area contributed by atoms with Crippen molar-refractivity contribution in [1.82, 2.24) is 25.1 Å². The van der Waals surface area contributed by atoms with Crippen molar-refractivity contribution >= 4 is 11.9 Å². The molecule has 0 aromatic carbocycles. The fourth-order valence-corrected chi connectivity index (χ4v) is 1.58. The molecule has 0 radical (unpaired) electrons. The number of hydrogen-bond donors (Lipinski definition) is 2. The average molecular weight is 343 g/mol. The molecule has 7 nitrogen and oxygen atoms in total. The molecule has 2 N–H and O–H groups in total. The summed E-state index contributed by atoms with van der Waals surface area (Å²) in [5.41, 5.74) is 0. The molecule has 1 heterocycles. The van der Waals surface area contributed by atoms with E-state index in [-0.39, 0.29) is 12.4 Å². The van der Waals surface area contributed by atoms with Crippen LogP contribution in [0, 0.1) is 0 Å². The van der Waals surface area contributed by atoms with Crippen LogP contribution in [-0.4, -0.2) is 52.7 Å². The topological polar surface area (TPSA) is 79.3 Å².